The summed E-state index contributed by atoms with van der Waals surface area (Å²) in [5, 5.41) is 3.28. The van der Waals surface area contributed by atoms with Gasteiger partial charge in [-0.25, -0.2) is 0 Å². The molecule has 2 heterocycles. The lowest BCUT2D eigenvalue weighted by molar-refractivity contribution is -0.140. The van der Waals surface area contributed by atoms with E-state index in [1.165, 1.54) is 0 Å². The van der Waals surface area contributed by atoms with Crippen molar-refractivity contribution in [3.63, 3.8) is 0 Å². The van der Waals surface area contributed by atoms with Crippen molar-refractivity contribution in [3.05, 3.63) is 34.3 Å². The van der Waals surface area contributed by atoms with Crippen LogP contribution in [0.25, 0.3) is 0 Å². The summed E-state index contributed by atoms with van der Waals surface area (Å²) < 4.78 is 6.87. The van der Waals surface area contributed by atoms with Crippen LogP contribution < -0.4 is 5.32 Å². The fourth-order valence-corrected chi connectivity index (χ4v) is 3.29. The Balaban J connectivity index is 1.68. The van der Waals surface area contributed by atoms with Crippen LogP contribution in [0.15, 0.2) is 28.7 Å². The van der Waals surface area contributed by atoms with Crippen LogP contribution in [0.1, 0.15) is 24.5 Å². The molecule has 3 rings (SSSR count). The Morgan fingerprint density at radius 1 is 1.45 bits per heavy atom. The first-order valence-corrected chi connectivity index (χ1v) is 7.92. The summed E-state index contributed by atoms with van der Waals surface area (Å²) in [7, 11) is 0. The van der Waals surface area contributed by atoms with Gasteiger partial charge in [-0.3, -0.25) is 4.79 Å². The van der Waals surface area contributed by atoms with Crippen molar-refractivity contribution < 1.29 is 9.53 Å². The molecule has 1 aromatic carbocycles. The van der Waals surface area contributed by atoms with Gasteiger partial charge in [-0.05, 0) is 37.1 Å². The number of amides is 1. The molecule has 0 aliphatic carbocycles. The third-order valence-corrected chi connectivity index (χ3v) is 4.45. The molecule has 4 nitrogen and oxygen atoms in total. The molecule has 1 N–H and O–H groups in total. The van der Waals surface area contributed by atoms with Crippen molar-refractivity contribution in [2.45, 2.75) is 25.0 Å². The van der Waals surface area contributed by atoms with Gasteiger partial charge < -0.3 is 15.0 Å². The number of nitrogens with zero attached hydrogens (tertiary/aromatic N) is 1. The predicted molar refractivity (Wildman–Crippen MR) is 80.4 cm³/mol. The highest BCUT2D eigenvalue weighted by atomic mass is 79.9. The van der Waals surface area contributed by atoms with Crippen molar-refractivity contribution in [2.24, 2.45) is 0 Å². The summed E-state index contributed by atoms with van der Waals surface area (Å²) in [4.78, 5) is 14.4. The summed E-state index contributed by atoms with van der Waals surface area (Å²) in [5.41, 5.74) is 1.12. The number of benzene rings is 1. The number of ether oxygens (including phenoxy) is 1. The van der Waals surface area contributed by atoms with Crippen LogP contribution in [0.5, 0.6) is 0 Å². The summed E-state index contributed by atoms with van der Waals surface area (Å²) >= 11 is 3.48. The Labute approximate surface area is 127 Å². The Kier molecular flexibility index (Phi) is 4.38. The normalized spacial score (nSPS) is 26.8. The summed E-state index contributed by atoms with van der Waals surface area (Å²) in [5.74, 6) is 0.228. The number of carbonyl (C=O) groups excluding carboxylic acids is 1. The van der Waals surface area contributed by atoms with Crippen molar-refractivity contribution in [1.29, 1.82) is 0 Å². The van der Waals surface area contributed by atoms with E-state index in [4.69, 9.17) is 4.74 Å². The largest absolute Gasteiger partial charge is 0.370 e. The zero-order chi connectivity index (χ0) is 13.9. The van der Waals surface area contributed by atoms with Gasteiger partial charge in [-0.15, -0.1) is 0 Å². The molecule has 0 bridgehead atoms. The maximum Gasteiger partial charge on any atom is 0.239 e. The molecule has 2 fully saturated rings. The molecule has 20 heavy (non-hydrogen) atoms. The summed E-state index contributed by atoms with van der Waals surface area (Å²) in [6, 6.07) is 8.12. The lowest BCUT2D eigenvalue weighted by atomic mass is 10.1. The molecular weight excluding hydrogens is 320 g/mol. The smallest absolute Gasteiger partial charge is 0.239 e. The minimum absolute atomic E-state index is 0.0104. The number of morpholine rings is 1. The molecular formula is C15H19BrN2O2. The van der Waals surface area contributed by atoms with Crippen LogP contribution in [-0.4, -0.2) is 43.1 Å². The van der Waals surface area contributed by atoms with Crippen LogP contribution in [0.4, 0.5) is 0 Å². The van der Waals surface area contributed by atoms with Crippen molar-refractivity contribution in [2.75, 3.05) is 26.2 Å². The Morgan fingerprint density at radius 2 is 2.35 bits per heavy atom. The van der Waals surface area contributed by atoms with Gasteiger partial charge in [0, 0.05) is 11.0 Å². The van der Waals surface area contributed by atoms with E-state index in [0.29, 0.717) is 19.7 Å². The average Bonchev–Trinajstić information content (AvgIpc) is 3.01. The maximum absolute atomic E-state index is 12.4. The molecule has 0 radical (unpaired) electrons. The average molecular weight is 339 g/mol. The Bertz CT molecular complexity index is 489. The van der Waals surface area contributed by atoms with E-state index >= 15 is 0 Å². The number of hydrogen-bond donors (Lipinski definition) is 1. The standard InChI is InChI=1S/C15H19BrN2O2/c16-12-4-1-3-11(9-12)14-10-18(7-8-20-14)15(19)13-5-2-6-17-13/h1,3-4,9,13-14,17H,2,5-8,10H2. The van der Waals surface area contributed by atoms with Gasteiger partial charge in [0.2, 0.25) is 5.91 Å². The monoisotopic (exact) mass is 338 g/mol. The molecule has 108 valence electrons. The zero-order valence-corrected chi connectivity index (χ0v) is 12.9. The molecule has 5 heteroatoms. The molecule has 1 aromatic rings. The van der Waals surface area contributed by atoms with E-state index in [2.05, 4.69) is 33.4 Å². The van der Waals surface area contributed by atoms with Gasteiger partial charge >= 0.3 is 0 Å². The molecule has 0 spiro atoms. The highest BCUT2D eigenvalue weighted by Gasteiger charge is 2.31. The van der Waals surface area contributed by atoms with Crippen LogP contribution in [-0.2, 0) is 9.53 Å². The van der Waals surface area contributed by atoms with E-state index in [-0.39, 0.29) is 18.1 Å². The molecule has 2 unspecified atom stereocenters. The molecule has 2 aliphatic heterocycles. The topological polar surface area (TPSA) is 41.6 Å². The van der Waals surface area contributed by atoms with Crippen LogP contribution in [0.3, 0.4) is 0 Å². The molecule has 2 saturated heterocycles. The SMILES string of the molecule is O=C(C1CCCN1)N1CCOC(c2cccc(Br)c2)C1. The second kappa shape index (κ2) is 6.24. The minimum Gasteiger partial charge on any atom is -0.370 e. The highest BCUT2D eigenvalue weighted by Crippen LogP contribution is 2.25. The molecule has 2 aliphatic rings. The lowest BCUT2D eigenvalue weighted by Crippen LogP contribution is -2.49. The molecule has 2 atom stereocenters. The first kappa shape index (κ1) is 14.0. The molecule has 0 aromatic heterocycles. The lowest BCUT2D eigenvalue weighted by Gasteiger charge is -2.34. The van der Waals surface area contributed by atoms with E-state index in [9.17, 15) is 4.79 Å². The summed E-state index contributed by atoms with van der Waals surface area (Å²) in [6.45, 7) is 2.90. The minimum atomic E-state index is -0.0217. The van der Waals surface area contributed by atoms with Gasteiger partial charge in [-0.1, -0.05) is 28.1 Å². The number of halogens is 1. The highest BCUT2D eigenvalue weighted by molar-refractivity contribution is 9.10. The number of rotatable bonds is 2. The second-order valence-corrected chi connectivity index (χ2v) is 6.26. The van der Waals surface area contributed by atoms with Gasteiger partial charge in [-0.2, -0.15) is 0 Å². The summed E-state index contributed by atoms with van der Waals surface area (Å²) in [6.07, 6.45) is 2.03. The van der Waals surface area contributed by atoms with Crippen LogP contribution in [0, 0.1) is 0 Å². The van der Waals surface area contributed by atoms with Crippen molar-refractivity contribution in [3.8, 4) is 0 Å². The van der Waals surface area contributed by atoms with Crippen molar-refractivity contribution in [1.82, 2.24) is 10.2 Å². The Morgan fingerprint density at radius 3 is 3.10 bits per heavy atom. The van der Waals surface area contributed by atoms with E-state index < -0.39 is 0 Å². The molecule has 1 amide bonds. The van der Waals surface area contributed by atoms with Crippen molar-refractivity contribution >= 4 is 21.8 Å². The number of nitrogens with one attached hydrogen (secondary N) is 1. The van der Waals surface area contributed by atoms with Crippen LogP contribution in [0.2, 0.25) is 0 Å². The van der Waals surface area contributed by atoms with E-state index in [1.54, 1.807) is 0 Å². The van der Waals surface area contributed by atoms with Gasteiger partial charge in [0.1, 0.15) is 6.10 Å². The van der Waals surface area contributed by atoms with Gasteiger partial charge in [0.15, 0.2) is 0 Å². The second-order valence-electron chi connectivity index (χ2n) is 5.35. The molecule has 0 saturated carbocycles. The first-order chi connectivity index (χ1) is 9.74. The van der Waals surface area contributed by atoms with Gasteiger partial charge in [0.25, 0.3) is 0 Å². The van der Waals surface area contributed by atoms with E-state index in [1.807, 2.05) is 17.0 Å². The number of carbonyl (C=O) groups is 1. The third-order valence-electron chi connectivity index (χ3n) is 3.96. The fourth-order valence-electron chi connectivity index (χ4n) is 2.87. The first-order valence-electron chi connectivity index (χ1n) is 7.13. The van der Waals surface area contributed by atoms with Crippen LogP contribution >= 0.6 is 15.9 Å². The fraction of sp³-hybridized carbons (Fsp3) is 0.533. The number of hydrogen-bond acceptors (Lipinski definition) is 3. The third kappa shape index (κ3) is 3.05. The van der Waals surface area contributed by atoms with Gasteiger partial charge in [0.05, 0.1) is 19.2 Å². The predicted octanol–water partition coefficient (Wildman–Crippen LogP) is 2.10. The van der Waals surface area contributed by atoms with E-state index in [0.717, 1.165) is 29.4 Å². The quantitative estimate of drug-likeness (QED) is 0.897. The Hall–Kier alpha value is -0.910. The maximum atomic E-state index is 12.4. The zero-order valence-electron chi connectivity index (χ0n) is 11.3.